The van der Waals surface area contributed by atoms with Crippen LogP contribution in [0.3, 0.4) is 0 Å². The molecule has 2 aromatic heterocycles. The van der Waals surface area contributed by atoms with Gasteiger partial charge in [0.2, 0.25) is 5.89 Å². The highest BCUT2D eigenvalue weighted by atomic mass is 127. The molecule has 8 nitrogen and oxygen atoms in total. The van der Waals surface area contributed by atoms with E-state index in [4.69, 9.17) is 8.83 Å². The number of hydrogen-bond acceptors (Lipinski definition) is 6. The molecule has 0 unspecified atom stereocenters. The molecule has 212 valence electrons. The third-order valence-electron chi connectivity index (χ3n) is 6.77. The molecule has 0 bridgehead atoms. The molecule has 0 aliphatic rings. The van der Waals surface area contributed by atoms with Gasteiger partial charge >= 0.3 is 20.1 Å². The maximum absolute atomic E-state index is 15.1. The topological polar surface area (TPSA) is 106 Å². The lowest BCUT2D eigenvalue weighted by atomic mass is 9.97. The summed E-state index contributed by atoms with van der Waals surface area (Å²) in [6.45, 7) is 0. The maximum atomic E-state index is 15.1. The Balaban J connectivity index is 1.64. The Labute approximate surface area is 243 Å². The van der Waals surface area contributed by atoms with Crippen molar-refractivity contribution in [2.45, 2.75) is 0 Å². The third kappa shape index (κ3) is 4.66. The van der Waals surface area contributed by atoms with Crippen molar-refractivity contribution in [2.24, 2.45) is 0 Å². The lowest BCUT2D eigenvalue weighted by molar-refractivity contribution is 0.0964. The van der Waals surface area contributed by atoms with Crippen LogP contribution in [0.5, 0.6) is 0 Å². The van der Waals surface area contributed by atoms with Crippen LogP contribution in [0, 0.1) is 17.5 Å². The second kappa shape index (κ2) is 10.6. The number of anilines is 1. The van der Waals surface area contributed by atoms with Gasteiger partial charge in [-0.25, -0.2) is 24.3 Å². The lowest BCUT2D eigenvalue weighted by Gasteiger charge is -2.16. The minimum atomic E-state index is -4.15. The molecule has 4 aromatic carbocycles. The number of para-hydroxylation sites is 2. The van der Waals surface area contributed by atoms with E-state index >= 15 is 8.78 Å². The molecular formula is C30H19F3IN3O5. The van der Waals surface area contributed by atoms with Gasteiger partial charge < -0.3 is 14.2 Å². The molecule has 0 saturated carbocycles. The van der Waals surface area contributed by atoms with E-state index in [1.54, 1.807) is 24.3 Å². The maximum Gasteiger partial charge on any atom is 0.420 e. The van der Waals surface area contributed by atoms with Gasteiger partial charge in [-0.1, -0.05) is 12.1 Å². The lowest BCUT2D eigenvalue weighted by Crippen LogP contribution is -2.18. The molecule has 12 heteroatoms. The average molecular weight is 685 g/mol. The molecule has 6 aromatic rings. The molecule has 0 saturated heterocycles. The van der Waals surface area contributed by atoms with E-state index in [1.807, 2.05) is 0 Å². The van der Waals surface area contributed by atoms with Crippen LogP contribution in [0.15, 0.2) is 81.6 Å². The number of amides is 1. The first kappa shape index (κ1) is 27.4. The van der Waals surface area contributed by atoms with Crippen molar-refractivity contribution in [3.63, 3.8) is 0 Å². The van der Waals surface area contributed by atoms with E-state index in [0.717, 1.165) is 9.18 Å². The highest BCUT2D eigenvalue weighted by Crippen LogP contribution is 2.44. The van der Waals surface area contributed by atoms with Crippen molar-refractivity contribution in [3.05, 3.63) is 95.8 Å². The number of furan rings is 1. The van der Waals surface area contributed by atoms with Gasteiger partial charge in [0.1, 0.15) is 22.7 Å². The first-order valence-corrected chi connectivity index (χ1v) is 15.1. The Morgan fingerprint density at radius 3 is 2.31 bits per heavy atom. The Bertz CT molecular complexity index is 2060. The summed E-state index contributed by atoms with van der Waals surface area (Å²) in [5.41, 5.74) is 1.55. The van der Waals surface area contributed by atoms with Gasteiger partial charge in [-0.15, -0.1) is 0 Å². The standard InChI is InChI=1S/C30H19F3IN3O5/c1-35-29(38)26-19-13-18(16-11-20(27(33)21(32)12-16)30-36-22-5-3-4-6-24(22)42-30)23(37(2)34(39)40)14-25(19)41-28(26)15-7-9-17(31)10-8-15/h3-14H,1-2H3,(H,35,38). The minimum Gasteiger partial charge on any atom is -0.455 e. The molecule has 1 N–H and O–H groups in total. The number of carbonyl (C=O) groups excluding carboxylic acids is 1. The quantitative estimate of drug-likeness (QED) is 0.140. The van der Waals surface area contributed by atoms with E-state index in [0.29, 0.717) is 16.7 Å². The smallest absolute Gasteiger partial charge is 0.420 e. The normalized spacial score (nSPS) is 11.5. The number of carbonyl (C=O) groups is 1. The number of nitrogens with one attached hydrogen (secondary N) is 1. The van der Waals surface area contributed by atoms with Crippen LogP contribution in [0.2, 0.25) is 0 Å². The van der Waals surface area contributed by atoms with Crippen molar-refractivity contribution >= 4 is 53.7 Å². The van der Waals surface area contributed by atoms with Crippen molar-refractivity contribution in [1.82, 2.24) is 10.3 Å². The number of nitrogens with zero attached hydrogens (tertiary/aromatic N) is 2. The fourth-order valence-electron chi connectivity index (χ4n) is 4.74. The van der Waals surface area contributed by atoms with Gasteiger partial charge in [0.05, 0.1) is 16.8 Å². The number of hydrogen-bond donors (Lipinski definition) is 1. The first-order chi connectivity index (χ1) is 20.2. The summed E-state index contributed by atoms with van der Waals surface area (Å²) < 4.78 is 80.9. The number of benzene rings is 4. The summed E-state index contributed by atoms with van der Waals surface area (Å²) in [6.07, 6.45) is 0. The van der Waals surface area contributed by atoms with Gasteiger partial charge in [0, 0.05) is 36.7 Å². The van der Waals surface area contributed by atoms with Crippen molar-refractivity contribution in [3.8, 4) is 33.9 Å². The van der Waals surface area contributed by atoms with Gasteiger partial charge in [0.25, 0.3) is 5.91 Å². The van der Waals surface area contributed by atoms with Crippen LogP contribution in [0.25, 0.3) is 56.0 Å². The zero-order valence-corrected chi connectivity index (χ0v) is 24.0. The average Bonchev–Trinajstić information content (AvgIpc) is 3.59. The summed E-state index contributed by atoms with van der Waals surface area (Å²) in [4.78, 5) is 17.3. The molecule has 6 rings (SSSR count). The molecule has 0 aliphatic carbocycles. The largest absolute Gasteiger partial charge is 0.455 e. The minimum absolute atomic E-state index is 0.0935. The van der Waals surface area contributed by atoms with Gasteiger partial charge in [-0.2, -0.15) is 0 Å². The number of aromatic nitrogens is 1. The van der Waals surface area contributed by atoms with E-state index in [9.17, 15) is 15.3 Å². The molecule has 2 heterocycles. The van der Waals surface area contributed by atoms with Gasteiger partial charge in [-0.3, -0.25) is 7.91 Å². The van der Waals surface area contributed by atoms with Crippen molar-refractivity contribution < 1.29 is 32.9 Å². The monoisotopic (exact) mass is 685 g/mol. The van der Waals surface area contributed by atoms with Crippen molar-refractivity contribution in [1.29, 1.82) is 0 Å². The van der Waals surface area contributed by atoms with Gasteiger partial charge in [0.15, 0.2) is 17.2 Å². The van der Waals surface area contributed by atoms with Gasteiger partial charge in [-0.05, 0) is 60.2 Å². The number of halogens is 4. The Morgan fingerprint density at radius 1 is 0.881 bits per heavy atom. The molecule has 0 aliphatic heterocycles. The first-order valence-electron chi connectivity index (χ1n) is 12.4. The summed E-state index contributed by atoms with van der Waals surface area (Å²) in [5.74, 6) is -3.48. The van der Waals surface area contributed by atoms with Crippen LogP contribution in [0.1, 0.15) is 10.4 Å². The van der Waals surface area contributed by atoms with Crippen LogP contribution in [0.4, 0.5) is 18.9 Å². The van der Waals surface area contributed by atoms with Crippen LogP contribution in [-0.4, -0.2) is 25.0 Å². The summed E-state index contributed by atoms with van der Waals surface area (Å²) in [5, 5.41) is 2.82. The fourth-order valence-corrected chi connectivity index (χ4v) is 5.56. The number of oxazole rings is 1. The Morgan fingerprint density at radius 2 is 1.62 bits per heavy atom. The van der Waals surface area contributed by atoms with E-state index in [-0.39, 0.29) is 50.6 Å². The predicted octanol–water partition coefficient (Wildman–Crippen LogP) is 7.90. The van der Waals surface area contributed by atoms with E-state index in [1.165, 1.54) is 56.6 Å². The van der Waals surface area contributed by atoms with Crippen molar-refractivity contribution in [2.75, 3.05) is 17.2 Å². The predicted molar refractivity (Wildman–Crippen MR) is 157 cm³/mol. The molecule has 0 fully saturated rings. The summed E-state index contributed by atoms with van der Waals surface area (Å²) in [6, 6.07) is 17.1. The van der Waals surface area contributed by atoms with Crippen LogP contribution < -0.4 is 8.43 Å². The number of fused-ring (bicyclic) bond motifs is 2. The molecule has 0 spiro atoms. The molecule has 0 atom stereocenters. The fraction of sp³-hybridized carbons (Fsp3) is 0.0667. The summed E-state index contributed by atoms with van der Waals surface area (Å²) in [7, 11) is 2.74. The molecule has 0 radical (unpaired) electrons. The van der Waals surface area contributed by atoms with E-state index in [2.05, 4.69) is 10.3 Å². The SMILES string of the molecule is CNC(=O)c1c(-c2ccc(F)cc2)oc2cc(N(C)I(=O)=O)c(-c3cc(F)c(F)c(-c4nc5ccccc5o4)c3)cc12. The highest BCUT2D eigenvalue weighted by molar-refractivity contribution is 14.2. The third-order valence-corrected chi connectivity index (χ3v) is 8.47. The Kier molecular flexibility index (Phi) is 6.93. The highest BCUT2D eigenvalue weighted by Gasteiger charge is 2.26. The molecular weight excluding hydrogens is 666 g/mol. The Hall–Kier alpha value is -4.72. The van der Waals surface area contributed by atoms with Crippen LogP contribution in [-0.2, 0) is 6.14 Å². The molecule has 42 heavy (non-hydrogen) atoms. The second-order valence-corrected chi connectivity index (χ2v) is 11.8. The van der Waals surface area contributed by atoms with Crippen LogP contribution >= 0.6 is 20.1 Å². The van der Waals surface area contributed by atoms with E-state index < -0.39 is 43.4 Å². The zero-order valence-electron chi connectivity index (χ0n) is 21.9. The second-order valence-electron chi connectivity index (χ2n) is 9.24. The number of rotatable bonds is 6. The molecule has 1 amide bonds. The zero-order chi connectivity index (χ0) is 29.7. The summed E-state index contributed by atoms with van der Waals surface area (Å²) >= 11 is -4.15.